The van der Waals surface area contributed by atoms with E-state index in [-0.39, 0.29) is 23.4 Å². The Hall–Kier alpha value is -1.91. The van der Waals surface area contributed by atoms with Crippen molar-refractivity contribution in [2.45, 2.75) is 59.4 Å². The van der Waals surface area contributed by atoms with E-state index in [1.165, 1.54) is 13.2 Å². The van der Waals surface area contributed by atoms with Crippen LogP contribution in [0.2, 0.25) is 0 Å². The molecule has 1 atom stereocenters. The molecule has 0 fully saturated rings. The highest BCUT2D eigenvalue weighted by Crippen LogP contribution is 2.39. The summed E-state index contributed by atoms with van der Waals surface area (Å²) in [7, 11) is 1.34. The molecule has 0 radical (unpaired) electrons. The minimum Gasteiger partial charge on any atom is -0.509 e. The van der Waals surface area contributed by atoms with Gasteiger partial charge in [0.1, 0.15) is 17.1 Å². The van der Waals surface area contributed by atoms with Crippen LogP contribution in [0.5, 0.6) is 0 Å². The molecule has 0 aromatic rings. The Bertz CT molecular complexity index is 558. The first-order valence-corrected chi connectivity index (χ1v) is 8.63. The molecule has 1 unspecified atom stereocenters. The zero-order chi connectivity index (χ0) is 18.5. The molecule has 0 amide bonds. The molecule has 0 aliphatic carbocycles. The molecule has 1 heterocycles. The van der Waals surface area contributed by atoms with E-state index >= 15 is 0 Å². The normalized spacial score (nSPS) is 21.8. The van der Waals surface area contributed by atoms with Gasteiger partial charge in [-0.05, 0) is 18.3 Å². The molecule has 24 heavy (non-hydrogen) atoms. The molecule has 1 aliphatic rings. The monoisotopic (exact) mass is 337 g/mol. The number of aliphatic hydroxyl groups excluding tert-OH is 2. The molecule has 0 spiro atoms. The van der Waals surface area contributed by atoms with Gasteiger partial charge in [0.2, 0.25) is 0 Å². The fraction of sp³-hybridized carbons (Fsp3) is 0.632. The van der Waals surface area contributed by atoms with E-state index in [1.54, 1.807) is 0 Å². The molecule has 0 saturated heterocycles. The largest absolute Gasteiger partial charge is 0.509 e. The maximum absolute atomic E-state index is 12.5. The first kappa shape index (κ1) is 20.1. The highest BCUT2D eigenvalue weighted by Gasteiger charge is 2.48. The minimum atomic E-state index is -1.10. The first-order chi connectivity index (χ1) is 11.2. The maximum Gasteiger partial charge on any atom is 0.336 e. The number of hydrogen-bond acceptors (Lipinski definition) is 5. The summed E-state index contributed by atoms with van der Waals surface area (Å²) in [5.41, 5.74) is -0.119. The summed E-state index contributed by atoms with van der Waals surface area (Å²) in [6, 6.07) is 0. The third kappa shape index (κ3) is 3.77. The average Bonchev–Trinajstić information content (AvgIpc) is 2.51. The van der Waals surface area contributed by atoms with Crippen LogP contribution in [0, 0.1) is 11.8 Å². The number of aliphatic hydroxyl groups is 2. The van der Waals surface area contributed by atoms with Crippen LogP contribution in [0.15, 0.2) is 34.9 Å². The number of carbonyl (C=O) groups excluding carboxylic acids is 1. The Morgan fingerprint density at radius 1 is 1.33 bits per heavy atom. The molecule has 1 aliphatic heterocycles. The second-order valence-corrected chi connectivity index (χ2v) is 6.82. The van der Waals surface area contributed by atoms with Crippen LogP contribution in [-0.2, 0) is 9.53 Å². The smallest absolute Gasteiger partial charge is 0.336 e. The van der Waals surface area contributed by atoms with Crippen LogP contribution in [0.25, 0.3) is 0 Å². The summed E-state index contributed by atoms with van der Waals surface area (Å²) in [4.78, 5) is 12.5. The summed E-state index contributed by atoms with van der Waals surface area (Å²) < 4.78 is 4.98. The summed E-state index contributed by atoms with van der Waals surface area (Å²) >= 11 is 0. The average molecular weight is 337 g/mol. The third-order valence-electron chi connectivity index (χ3n) is 4.46. The lowest BCUT2D eigenvalue weighted by Crippen LogP contribution is -2.56. The number of rotatable bonds is 7. The number of carbonyl (C=O) groups is 1. The second kappa shape index (κ2) is 8.27. The molecule has 0 bridgehead atoms. The Morgan fingerprint density at radius 2 is 1.96 bits per heavy atom. The minimum absolute atomic E-state index is 0.00320. The standard InChI is InChI=1S/C19H31NO4/c1-7-8-9-10-14(18(23)24-6)19(13(4)5)16(22)11-15(21)17(20-19)12(2)3/h10-13,20-22H,7-9H2,1-6H3/b14-10+. The highest BCUT2D eigenvalue weighted by atomic mass is 16.5. The molecule has 5 nitrogen and oxygen atoms in total. The summed E-state index contributed by atoms with van der Waals surface area (Å²) in [5, 5.41) is 24.1. The van der Waals surface area contributed by atoms with Gasteiger partial charge < -0.3 is 20.3 Å². The summed E-state index contributed by atoms with van der Waals surface area (Å²) in [6.45, 7) is 9.82. The SMILES string of the molecule is CCCC/C=C(\C(=O)OC)C1(C(C)C)NC(C(C)C)=C(O)C=C1O. The lowest BCUT2D eigenvalue weighted by atomic mass is 9.74. The molecule has 5 heteroatoms. The second-order valence-electron chi connectivity index (χ2n) is 6.82. The lowest BCUT2D eigenvalue weighted by molar-refractivity contribution is -0.137. The first-order valence-electron chi connectivity index (χ1n) is 8.63. The molecule has 136 valence electrons. The quantitative estimate of drug-likeness (QED) is 0.370. The van der Waals surface area contributed by atoms with Crippen molar-refractivity contribution in [2.75, 3.05) is 7.11 Å². The van der Waals surface area contributed by atoms with Crippen molar-refractivity contribution >= 4 is 5.97 Å². The molecular weight excluding hydrogens is 306 g/mol. The van der Waals surface area contributed by atoms with Gasteiger partial charge in [0.05, 0.1) is 18.4 Å². The molecular formula is C19H31NO4. The number of nitrogens with one attached hydrogen (secondary N) is 1. The van der Waals surface area contributed by atoms with Crippen LogP contribution in [0.4, 0.5) is 0 Å². The molecule has 3 N–H and O–H groups in total. The molecule has 0 aromatic carbocycles. The van der Waals surface area contributed by atoms with Crippen molar-refractivity contribution < 1.29 is 19.7 Å². The zero-order valence-corrected chi connectivity index (χ0v) is 15.6. The number of hydrogen-bond donors (Lipinski definition) is 3. The van der Waals surface area contributed by atoms with Gasteiger partial charge in [-0.2, -0.15) is 0 Å². The number of esters is 1. The van der Waals surface area contributed by atoms with Crippen LogP contribution in [-0.4, -0.2) is 28.8 Å². The molecule has 1 rings (SSSR count). The van der Waals surface area contributed by atoms with E-state index < -0.39 is 11.5 Å². The predicted octanol–water partition coefficient (Wildman–Crippen LogP) is 4.14. The topological polar surface area (TPSA) is 78.8 Å². The number of unbranched alkanes of at least 4 members (excludes halogenated alkanes) is 2. The van der Waals surface area contributed by atoms with Gasteiger partial charge >= 0.3 is 5.97 Å². The fourth-order valence-corrected chi connectivity index (χ4v) is 3.02. The number of methoxy groups -OCH3 is 1. The van der Waals surface area contributed by atoms with Crippen molar-refractivity contribution in [1.82, 2.24) is 5.32 Å². The maximum atomic E-state index is 12.5. The van der Waals surface area contributed by atoms with E-state index in [0.717, 1.165) is 19.3 Å². The van der Waals surface area contributed by atoms with E-state index in [9.17, 15) is 15.0 Å². The van der Waals surface area contributed by atoms with Crippen molar-refractivity contribution in [3.05, 3.63) is 34.9 Å². The summed E-state index contributed by atoms with van der Waals surface area (Å²) in [6.07, 6.45) is 5.84. The van der Waals surface area contributed by atoms with Gasteiger partial charge in [-0.15, -0.1) is 0 Å². The number of allylic oxidation sites excluding steroid dienone is 3. The number of ether oxygens (including phenoxy) is 1. The Balaban J connectivity index is 3.50. The van der Waals surface area contributed by atoms with E-state index in [0.29, 0.717) is 11.3 Å². The lowest BCUT2D eigenvalue weighted by Gasteiger charge is -2.43. The van der Waals surface area contributed by atoms with E-state index in [1.807, 2.05) is 33.8 Å². The van der Waals surface area contributed by atoms with Gasteiger partial charge in [0.25, 0.3) is 0 Å². The predicted molar refractivity (Wildman–Crippen MR) is 95.5 cm³/mol. The third-order valence-corrected chi connectivity index (χ3v) is 4.46. The van der Waals surface area contributed by atoms with Gasteiger partial charge in [0.15, 0.2) is 0 Å². The number of dihydropyridines is 1. The van der Waals surface area contributed by atoms with Crippen LogP contribution < -0.4 is 5.32 Å². The Labute approximate surface area is 145 Å². The van der Waals surface area contributed by atoms with Crippen molar-refractivity contribution in [2.24, 2.45) is 11.8 Å². The van der Waals surface area contributed by atoms with Crippen LogP contribution in [0.1, 0.15) is 53.9 Å². The van der Waals surface area contributed by atoms with Crippen molar-refractivity contribution in [1.29, 1.82) is 0 Å². The molecule has 0 aromatic heterocycles. The van der Waals surface area contributed by atoms with Crippen molar-refractivity contribution in [3.8, 4) is 0 Å². The fourth-order valence-electron chi connectivity index (χ4n) is 3.02. The van der Waals surface area contributed by atoms with Gasteiger partial charge in [0, 0.05) is 6.08 Å². The Morgan fingerprint density at radius 3 is 2.42 bits per heavy atom. The Kier molecular flexibility index (Phi) is 6.93. The van der Waals surface area contributed by atoms with Gasteiger partial charge in [-0.25, -0.2) is 4.79 Å². The zero-order valence-electron chi connectivity index (χ0n) is 15.6. The van der Waals surface area contributed by atoms with E-state index in [2.05, 4.69) is 12.2 Å². The van der Waals surface area contributed by atoms with Crippen LogP contribution in [0.3, 0.4) is 0 Å². The van der Waals surface area contributed by atoms with Crippen LogP contribution >= 0.6 is 0 Å². The van der Waals surface area contributed by atoms with E-state index in [4.69, 9.17) is 4.74 Å². The molecule has 0 saturated carbocycles. The highest BCUT2D eigenvalue weighted by molar-refractivity contribution is 5.92. The van der Waals surface area contributed by atoms with Gasteiger partial charge in [-0.3, -0.25) is 0 Å². The van der Waals surface area contributed by atoms with Crippen molar-refractivity contribution in [3.63, 3.8) is 0 Å². The summed E-state index contributed by atoms with van der Waals surface area (Å²) in [5.74, 6) is -0.676. The van der Waals surface area contributed by atoms with Gasteiger partial charge in [-0.1, -0.05) is 53.5 Å².